The third-order valence-electron chi connectivity index (χ3n) is 3.16. The van der Waals surface area contributed by atoms with Gasteiger partial charge in [0, 0.05) is 0 Å². The summed E-state index contributed by atoms with van der Waals surface area (Å²) in [4.78, 5) is 24.8. The molecule has 0 aliphatic carbocycles. The van der Waals surface area contributed by atoms with E-state index in [9.17, 15) is 9.59 Å². The van der Waals surface area contributed by atoms with Crippen molar-refractivity contribution in [2.24, 2.45) is 0 Å². The van der Waals surface area contributed by atoms with Crippen LogP contribution in [0.2, 0.25) is 0 Å². The van der Waals surface area contributed by atoms with Gasteiger partial charge in [-0.05, 0) is 33.3 Å². The van der Waals surface area contributed by atoms with Crippen LogP contribution in [-0.4, -0.2) is 28.5 Å². The van der Waals surface area contributed by atoms with E-state index in [1.165, 1.54) is 10.5 Å². The molecule has 1 aliphatic rings. The summed E-state index contributed by atoms with van der Waals surface area (Å²) in [5.41, 5.74) is 1.64. The first kappa shape index (κ1) is 15.3. The summed E-state index contributed by atoms with van der Waals surface area (Å²) in [6.07, 6.45) is 3.57. The highest BCUT2D eigenvalue weighted by molar-refractivity contribution is 5.98. The number of aryl methyl sites for hydroxylation is 1. The Bertz CT molecular complexity index is 567. The molecule has 4 heteroatoms. The molecule has 0 saturated carbocycles. The van der Waals surface area contributed by atoms with E-state index < -0.39 is 11.7 Å². The van der Waals surface area contributed by atoms with Gasteiger partial charge in [0.1, 0.15) is 5.60 Å². The Morgan fingerprint density at radius 2 is 1.90 bits per heavy atom. The van der Waals surface area contributed by atoms with Gasteiger partial charge in [-0.1, -0.05) is 42.0 Å². The molecule has 2 rings (SSSR count). The number of rotatable bonds is 2. The lowest BCUT2D eigenvalue weighted by Gasteiger charge is -2.37. The molecular weight excluding hydrogens is 266 g/mol. The smallest absolute Gasteiger partial charge is 0.417 e. The molecular formula is C17H21NO3. The maximum absolute atomic E-state index is 12.0. The highest BCUT2D eigenvalue weighted by atomic mass is 16.6. The van der Waals surface area contributed by atoms with Crippen LogP contribution in [0.4, 0.5) is 4.79 Å². The molecule has 0 bridgehead atoms. The fraction of sp³-hybridized carbons (Fsp3) is 0.412. The van der Waals surface area contributed by atoms with Crippen molar-refractivity contribution in [2.75, 3.05) is 0 Å². The van der Waals surface area contributed by atoms with Gasteiger partial charge in [0.15, 0.2) is 0 Å². The molecule has 1 aliphatic heterocycles. The maximum atomic E-state index is 12.0. The monoisotopic (exact) mass is 287 g/mol. The van der Waals surface area contributed by atoms with Crippen molar-refractivity contribution in [3.63, 3.8) is 0 Å². The number of nitrogens with zero attached hydrogens (tertiary/aromatic N) is 1. The number of imide groups is 1. The topological polar surface area (TPSA) is 46.6 Å². The van der Waals surface area contributed by atoms with E-state index in [0.717, 1.165) is 5.56 Å². The van der Waals surface area contributed by atoms with Crippen LogP contribution >= 0.6 is 0 Å². The van der Waals surface area contributed by atoms with Gasteiger partial charge in [0.2, 0.25) is 5.91 Å². The van der Waals surface area contributed by atoms with Crippen molar-refractivity contribution in [1.29, 1.82) is 0 Å². The average molecular weight is 287 g/mol. The van der Waals surface area contributed by atoms with E-state index in [-0.39, 0.29) is 11.9 Å². The molecule has 1 saturated heterocycles. The molecule has 2 amide bonds. The van der Waals surface area contributed by atoms with E-state index in [1.54, 1.807) is 20.8 Å². The summed E-state index contributed by atoms with van der Waals surface area (Å²) in [6, 6.07) is 7.84. The highest BCUT2D eigenvalue weighted by Crippen LogP contribution is 2.24. The molecule has 1 heterocycles. The van der Waals surface area contributed by atoms with Crippen molar-refractivity contribution in [1.82, 2.24) is 4.90 Å². The largest absolute Gasteiger partial charge is 0.443 e. The van der Waals surface area contributed by atoms with Gasteiger partial charge in [0.25, 0.3) is 0 Å². The number of β-lactam (4-membered cyclic amide) rings is 1. The molecule has 112 valence electrons. The molecule has 1 atom stereocenters. The summed E-state index contributed by atoms with van der Waals surface area (Å²) < 4.78 is 5.24. The molecule has 1 aromatic carbocycles. The number of hydrogen-bond donors (Lipinski definition) is 0. The molecule has 1 aromatic rings. The predicted octanol–water partition coefficient (Wildman–Crippen LogP) is 3.54. The van der Waals surface area contributed by atoms with Crippen LogP contribution in [-0.2, 0) is 9.53 Å². The highest BCUT2D eigenvalue weighted by Gasteiger charge is 2.41. The van der Waals surface area contributed by atoms with Crippen LogP contribution in [0.5, 0.6) is 0 Å². The first-order valence-corrected chi connectivity index (χ1v) is 7.06. The van der Waals surface area contributed by atoms with Crippen LogP contribution in [0.3, 0.4) is 0 Å². The number of hydrogen-bond acceptors (Lipinski definition) is 3. The summed E-state index contributed by atoms with van der Waals surface area (Å²) in [5.74, 6) is -0.192. The van der Waals surface area contributed by atoms with E-state index in [2.05, 4.69) is 0 Å². The van der Waals surface area contributed by atoms with Crippen LogP contribution in [0.1, 0.15) is 38.3 Å². The summed E-state index contributed by atoms with van der Waals surface area (Å²) >= 11 is 0. The minimum Gasteiger partial charge on any atom is -0.443 e. The molecule has 1 fully saturated rings. The van der Waals surface area contributed by atoms with Gasteiger partial charge in [-0.2, -0.15) is 0 Å². The van der Waals surface area contributed by atoms with E-state index >= 15 is 0 Å². The lowest BCUT2D eigenvalue weighted by Crippen LogP contribution is -2.55. The van der Waals surface area contributed by atoms with Crippen molar-refractivity contribution in [2.45, 2.75) is 45.8 Å². The number of benzene rings is 1. The Labute approximate surface area is 125 Å². The third kappa shape index (κ3) is 3.94. The lowest BCUT2D eigenvalue weighted by molar-refractivity contribution is -0.141. The number of ether oxygens (including phenoxy) is 1. The standard InChI is InChI=1S/C17H21NO3/c1-12-5-7-13(8-6-12)9-10-14-11-15(19)18(14)16(20)21-17(2,3)4/h5-10,14H,11H2,1-4H3. The Morgan fingerprint density at radius 3 is 2.43 bits per heavy atom. The average Bonchev–Trinajstić information content (AvgIpc) is 2.33. The second-order valence-corrected chi connectivity index (χ2v) is 6.29. The minimum atomic E-state index is -0.599. The van der Waals surface area contributed by atoms with Crippen LogP contribution in [0.15, 0.2) is 30.3 Å². The summed E-state index contributed by atoms with van der Waals surface area (Å²) in [7, 11) is 0. The van der Waals surface area contributed by atoms with E-state index in [1.807, 2.05) is 43.3 Å². The van der Waals surface area contributed by atoms with Gasteiger partial charge < -0.3 is 4.74 Å². The molecule has 0 radical (unpaired) electrons. The fourth-order valence-electron chi connectivity index (χ4n) is 2.04. The maximum Gasteiger partial charge on any atom is 0.417 e. The zero-order chi connectivity index (χ0) is 15.6. The Hall–Kier alpha value is -2.10. The minimum absolute atomic E-state index is 0.192. The predicted molar refractivity (Wildman–Crippen MR) is 81.7 cm³/mol. The van der Waals surface area contributed by atoms with Gasteiger partial charge in [-0.3, -0.25) is 4.79 Å². The first-order valence-electron chi connectivity index (χ1n) is 7.06. The number of likely N-dealkylation sites (tertiary alicyclic amines) is 1. The van der Waals surface area contributed by atoms with Gasteiger partial charge in [0.05, 0.1) is 12.5 Å². The van der Waals surface area contributed by atoms with Crippen molar-refractivity contribution in [3.8, 4) is 0 Å². The lowest BCUT2D eigenvalue weighted by atomic mass is 10.0. The quantitative estimate of drug-likeness (QED) is 0.782. The first-order chi connectivity index (χ1) is 9.76. The molecule has 0 aromatic heterocycles. The Kier molecular flexibility index (Phi) is 4.16. The second kappa shape index (κ2) is 5.72. The van der Waals surface area contributed by atoms with Crippen molar-refractivity contribution in [3.05, 3.63) is 41.5 Å². The Balaban J connectivity index is 2.02. The van der Waals surface area contributed by atoms with Gasteiger partial charge in [-0.25, -0.2) is 9.69 Å². The van der Waals surface area contributed by atoms with E-state index in [0.29, 0.717) is 6.42 Å². The van der Waals surface area contributed by atoms with Crippen LogP contribution < -0.4 is 0 Å². The number of amides is 2. The van der Waals surface area contributed by atoms with Crippen LogP contribution in [0, 0.1) is 6.92 Å². The molecule has 4 nitrogen and oxygen atoms in total. The number of carbonyl (C=O) groups excluding carboxylic acids is 2. The van der Waals surface area contributed by atoms with Gasteiger partial charge in [-0.15, -0.1) is 0 Å². The fourth-order valence-corrected chi connectivity index (χ4v) is 2.04. The third-order valence-corrected chi connectivity index (χ3v) is 3.16. The SMILES string of the molecule is Cc1ccc(C=CC2CC(=O)N2C(=O)OC(C)(C)C)cc1. The molecule has 0 spiro atoms. The molecule has 21 heavy (non-hydrogen) atoms. The molecule has 1 unspecified atom stereocenters. The van der Waals surface area contributed by atoms with E-state index in [4.69, 9.17) is 4.74 Å². The zero-order valence-corrected chi connectivity index (χ0v) is 12.9. The second-order valence-electron chi connectivity index (χ2n) is 6.29. The summed E-state index contributed by atoms with van der Waals surface area (Å²) in [5, 5.41) is 0. The zero-order valence-electron chi connectivity index (χ0n) is 12.9. The van der Waals surface area contributed by atoms with Crippen LogP contribution in [0.25, 0.3) is 6.08 Å². The molecule has 0 N–H and O–H groups in total. The number of carbonyl (C=O) groups is 2. The van der Waals surface area contributed by atoms with Gasteiger partial charge >= 0.3 is 6.09 Å². The normalized spacial score (nSPS) is 18.8. The summed E-state index contributed by atoms with van der Waals surface area (Å²) in [6.45, 7) is 7.38. The van der Waals surface area contributed by atoms with Crippen molar-refractivity contribution >= 4 is 18.1 Å². The van der Waals surface area contributed by atoms with Crippen molar-refractivity contribution < 1.29 is 14.3 Å². The Morgan fingerprint density at radius 1 is 1.29 bits per heavy atom.